The van der Waals surface area contributed by atoms with E-state index in [0.717, 1.165) is 54.8 Å². The number of thioether (sulfide) groups is 1. The number of ether oxygens (including phenoxy) is 2. The number of para-hydroxylation sites is 1. The Hall–Kier alpha value is -2.22. The summed E-state index contributed by atoms with van der Waals surface area (Å²) in [4.78, 5) is 16.5. The molecule has 6 nitrogen and oxygen atoms in total. The minimum atomic E-state index is 0.0878. The summed E-state index contributed by atoms with van der Waals surface area (Å²) >= 11 is 1.65. The van der Waals surface area contributed by atoms with Crippen LogP contribution >= 0.6 is 11.8 Å². The highest BCUT2D eigenvalue weighted by Crippen LogP contribution is 2.27. The van der Waals surface area contributed by atoms with Crippen LogP contribution in [0.4, 0.5) is 5.69 Å². The fourth-order valence-electron chi connectivity index (χ4n) is 3.76. The number of hydrogen-bond donors (Lipinski definition) is 3. The van der Waals surface area contributed by atoms with Crippen LogP contribution in [0.25, 0.3) is 0 Å². The molecule has 3 rings (SSSR count). The number of piperazine rings is 1. The van der Waals surface area contributed by atoms with Gasteiger partial charge in [0.15, 0.2) is 18.0 Å². The Bertz CT molecular complexity index is 823. The van der Waals surface area contributed by atoms with E-state index in [-0.39, 0.29) is 5.91 Å². The number of amides is 1. The molecule has 0 spiro atoms. The molecule has 0 atom stereocenters. The highest BCUT2D eigenvalue weighted by atomic mass is 32.2. The first kappa shape index (κ1) is 21.5. The number of methoxy groups -OCH3 is 2. The zero-order chi connectivity index (χ0) is 20.6. The molecule has 0 aromatic heterocycles. The first-order valence-corrected chi connectivity index (χ1v) is 11.2. The van der Waals surface area contributed by atoms with Crippen molar-refractivity contribution in [2.24, 2.45) is 0 Å². The summed E-state index contributed by atoms with van der Waals surface area (Å²) in [6.45, 7) is 5.59. The second-order valence-corrected chi connectivity index (χ2v) is 8.14. The molecule has 1 saturated heterocycles. The number of benzene rings is 2. The van der Waals surface area contributed by atoms with Gasteiger partial charge >= 0.3 is 0 Å². The predicted octanol–water partition coefficient (Wildman–Crippen LogP) is 0.348. The third kappa shape index (κ3) is 5.88. The van der Waals surface area contributed by atoms with Crippen molar-refractivity contribution in [1.29, 1.82) is 0 Å². The van der Waals surface area contributed by atoms with Crippen molar-refractivity contribution in [3.05, 3.63) is 48.0 Å². The van der Waals surface area contributed by atoms with Gasteiger partial charge in [0.25, 0.3) is 5.91 Å². The highest BCUT2D eigenvalue weighted by molar-refractivity contribution is 7.98. The van der Waals surface area contributed by atoms with Crippen molar-refractivity contribution in [3.8, 4) is 11.5 Å². The number of carbonyl (C=O) groups excluding carboxylic acids is 1. The topological polar surface area (TPSA) is 56.4 Å². The van der Waals surface area contributed by atoms with Gasteiger partial charge in [-0.25, -0.2) is 0 Å². The van der Waals surface area contributed by atoms with E-state index >= 15 is 0 Å². The molecule has 0 bridgehead atoms. The molecule has 2 aromatic carbocycles. The molecule has 1 aliphatic heterocycles. The van der Waals surface area contributed by atoms with E-state index in [1.54, 1.807) is 26.0 Å². The van der Waals surface area contributed by atoms with Gasteiger partial charge in [-0.3, -0.25) is 4.79 Å². The van der Waals surface area contributed by atoms with E-state index in [4.69, 9.17) is 9.47 Å². The molecule has 1 heterocycles. The van der Waals surface area contributed by atoms with Gasteiger partial charge in [0.1, 0.15) is 32.7 Å². The molecular weight excluding hydrogens is 386 g/mol. The molecule has 0 aliphatic carbocycles. The molecule has 0 saturated carbocycles. The van der Waals surface area contributed by atoms with E-state index < -0.39 is 0 Å². The van der Waals surface area contributed by atoms with Crippen molar-refractivity contribution in [2.75, 3.05) is 58.5 Å². The van der Waals surface area contributed by atoms with E-state index in [9.17, 15) is 4.79 Å². The zero-order valence-electron chi connectivity index (χ0n) is 17.4. The maximum Gasteiger partial charge on any atom is 0.279 e. The fourth-order valence-corrected chi connectivity index (χ4v) is 4.31. The lowest BCUT2D eigenvalue weighted by molar-refractivity contribution is -1.02. The summed E-state index contributed by atoms with van der Waals surface area (Å²) in [6.07, 6.45) is 2.02. The molecule has 3 N–H and O–H groups in total. The van der Waals surface area contributed by atoms with Crippen LogP contribution in [0.2, 0.25) is 0 Å². The molecule has 1 fully saturated rings. The number of carbonyl (C=O) groups is 1. The summed E-state index contributed by atoms with van der Waals surface area (Å²) in [7, 11) is 3.32. The van der Waals surface area contributed by atoms with Gasteiger partial charge in [-0.05, 0) is 36.6 Å². The predicted molar refractivity (Wildman–Crippen MR) is 116 cm³/mol. The first-order valence-electron chi connectivity index (χ1n) is 9.94. The normalized spacial score (nSPS) is 18.9. The Morgan fingerprint density at radius 1 is 1.00 bits per heavy atom. The zero-order valence-corrected chi connectivity index (χ0v) is 18.2. The highest BCUT2D eigenvalue weighted by Gasteiger charge is 2.25. The van der Waals surface area contributed by atoms with E-state index in [1.165, 1.54) is 15.4 Å². The molecule has 1 aliphatic rings. The number of anilines is 1. The quantitative estimate of drug-likeness (QED) is 0.543. The Morgan fingerprint density at radius 2 is 1.69 bits per heavy atom. The largest absolute Gasteiger partial charge is 0.493 e. The third-order valence-corrected chi connectivity index (χ3v) is 6.15. The van der Waals surface area contributed by atoms with Gasteiger partial charge in [-0.1, -0.05) is 12.1 Å². The first-order chi connectivity index (χ1) is 14.1. The van der Waals surface area contributed by atoms with Crippen LogP contribution in [-0.4, -0.2) is 59.1 Å². The van der Waals surface area contributed by atoms with E-state index in [1.807, 2.05) is 36.6 Å². The number of quaternary nitrogens is 2. The van der Waals surface area contributed by atoms with E-state index in [2.05, 4.69) is 17.4 Å². The Kier molecular flexibility index (Phi) is 7.80. The summed E-state index contributed by atoms with van der Waals surface area (Å²) in [6, 6.07) is 14.1. The van der Waals surface area contributed by atoms with Crippen LogP contribution in [0.5, 0.6) is 11.5 Å². The summed E-state index contributed by atoms with van der Waals surface area (Å²) in [5, 5.41) is 3.07. The van der Waals surface area contributed by atoms with Crippen LogP contribution in [0, 0.1) is 0 Å². The molecule has 0 radical (unpaired) electrons. The van der Waals surface area contributed by atoms with E-state index in [0.29, 0.717) is 6.54 Å². The summed E-state index contributed by atoms with van der Waals surface area (Å²) < 4.78 is 10.7. The molecule has 2 aromatic rings. The molecule has 1 amide bonds. The standard InChI is InChI=1S/C22H29N3O3S/c1-27-19-9-8-17(14-20(19)28-2)15-24-10-12-25(13-11-24)16-22(26)23-18-6-4-5-7-21(18)29-3/h4-9,14H,10-13,15-16H2,1-3H3,(H,23,26)/p+2. The van der Waals surface area contributed by atoms with Crippen molar-refractivity contribution >= 4 is 23.4 Å². The lowest BCUT2D eigenvalue weighted by Crippen LogP contribution is -3.28. The Balaban J connectivity index is 1.47. The Labute approximate surface area is 177 Å². The minimum Gasteiger partial charge on any atom is -0.493 e. The smallest absolute Gasteiger partial charge is 0.279 e. The monoisotopic (exact) mass is 417 g/mol. The summed E-state index contributed by atoms with van der Waals surface area (Å²) in [5.41, 5.74) is 2.15. The maximum absolute atomic E-state index is 12.5. The second kappa shape index (κ2) is 10.5. The average Bonchev–Trinajstić information content (AvgIpc) is 2.75. The molecule has 29 heavy (non-hydrogen) atoms. The van der Waals surface area contributed by atoms with Crippen molar-refractivity contribution in [1.82, 2.24) is 0 Å². The molecular formula is C22H31N3O3S+2. The van der Waals surface area contributed by atoms with Gasteiger partial charge in [0, 0.05) is 10.5 Å². The number of nitrogens with one attached hydrogen (secondary N) is 3. The molecule has 7 heteroatoms. The SMILES string of the molecule is COc1ccc(C[NH+]2CC[NH+](CC(=O)Nc3ccccc3SC)CC2)cc1OC. The Morgan fingerprint density at radius 3 is 2.38 bits per heavy atom. The van der Waals surface area contributed by atoms with Crippen LogP contribution in [-0.2, 0) is 11.3 Å². The van der Waals surface area contributed by atoms with Crippen LogP contribution in [0.3, 0.4) is 0 Å². The number of hydrogen-bond acceptors (Lipinski definition) is 4. The van der Waals surface area contributed by atoms with Gasteiger partial charge < -0.3 is 24.6 Å². The van der Waals surface area contributed by atoms with Gasteiger partial charge in [-0.2, -0.15) is 0 Å². The van der Waals surface area contributed by atoms with Crippen molar-refractivity contribution in [3.63, 3.8) is 0 Å². The van der Waals surface area contributed by atoms with Gasteiger partial charge in [0.05, 0.1) is 19.9 Å². The van der Waals surface area contributed by atoms with Gasteiger partial charge in [0.2, 0.25) is 0 Å². The minimum absolute atomic E-state index is 0.0878. The van der Waals surface area contributed by atoms with Crippen LogP contribution in [0.1, 0.15) is 5.56 Å². The third-order valence-electron chi connectivity index (χ3n) is 5.36. The van der Waals surface area contributed by atoms with Gasteiger partial charge in [-0.15, -0.1) is 11.8 Å². The fraction of sp³-hybridized carbons (Fsp3) is 0.409. The summed E-state index contributed by atoms with van der Waals surface area (Å²) in [5.74, 6) is 1.62. The second-order valence-electron chi connectivity index (χ2n) is 7.29. The van der Waals surface area contributed by atoms with Crippen molar-refractivity contribution < 1.29 is 24.1 Å². The lowest BCUT2D eigenvalue weighted by atomic mass is 10.1. The van der Waals surface area contributed by atoms with Crippen LogP contribution < -0.4 is 24.6 Å². The van der Waals surface area contributed by atoms with Crippen LogP contribution in [0.15, 0.2) is 47.4 Å². The number of rotatable bonds is 8. The average molecular weight is 418 g/mol. The lowest BCUT2D eigenvalue weighted by Gasteiger charge is -2.29. The maximum atomic E-state index is 12.5. The van der Waals surface area contributed by atoms with Crippen molar-refractivity contribution in [2.45, 2.75) is 11.4 Å². The molecule has 156 valence electrons. The molecule has 0 unspecified atom stereocenters.